The average Bonchev–Trinajstić information content (AvgIpc) is 2.87. The minimum Gasteiger partial charge on any atom is -0.496 e. The molecule has 0 atom stereocenters. The Morgan fingerprint density at radius 2 is 1.71 bits per heavy atom. The summed E-state index contributed by atoms with van der Waals surface area (Å²) in [6.07, 6.45) is 0. The van der Waals surface area contributed by atoms with Gasteiger partial charge in [-0.2, -0.15) is 0 Å². The van der Waals surface area contributed by atoms with Crippen molar-refractivity contribution in [3.63, 3.8) is 0 Å². The number of rotatable bonds is 6. The lowest BCUT2D eigenvalue weighted by molar-refractivity contribution is 0.0600. The summed E-state index contributed by atoms with van der Waals surface area (Å²) in [7, 11) is 2.87. The molecular formula is C25H21N3O5S. The van der Waals surface area contributed by atoms with E-state index in [9.17, 15) is 14.4 Å². The molecule has 0 radical (unpaired) electrons. The van der Waals surface area contributed by atoms with E-state index >= 15 is 0 Å². The van der Waals surface area contributed by atoms with Gasteiger partial charge in [-0.15, -0.1) is 0 Å². The maximum atomic E-state index is 13.1. The molecule has 4 aromatic rings. The fraction of sp³-hybridized carbons (Fsp3) is 0.120. The molecule has 0 saturated carbocycles. The molecule has 2 N–H and O–H groups in total. The molecular weight excluding hydrogens is 454 g/mol. The SMILES string of the molecule is COC(=O)c1ccc2c(=O)n(-c3ccc(C(=O)NCc4ccccc4OC)cc3)c(=S)[nH]c2c1. The summed E-state index contributed by atoms with van der Waals surface area (Å²) in [5.41, 5.74) is 2.20. The number of amides is 1. The predicted molar refractivity (Wildman–Crippen MR) is 130 cm³/mol. The van der Waals surface area contributed by atoms with Gasteiger partial charge in [0, 0.05) is 17.7 Å². The summed E-state index contributed by atoms with van der Waals surface area (Å²) in [6.45, 7) is 0.313. The van der Waals surface area contributed by atoms with E-state index in [1.807, 2.05) is 24.3 Å². The zero-order valence-electron chi connectivity index (χ0n) is 18.5. The second kappa shape index (κ2) is 9.72. The molecule has 0 aliphatic heterocycles. The second-order valence-corrected chi connectivity index (χ2v) is 7.75. The number of esters is 1. The highest BCUT2D eigenvalue weighted by molar-refractivity contribution is 7.71. The highest BCUT2D eigenvalue weighted by atomic mass is 32.1. The average molecular weight is 476 g/mol. The van der Waals surface area contributed by atoms with Crippen LogP contribution in [0.3, 0.4) is 0 Å². The van der Waals surface area contributed by atoms with Gasteiger partial charge in [0.1, 0.15) is 5.75 Å². The van der Waals surface area contributed by atoms with E-state index in [1.165, 1.54) is 23.8 Å². The van der Waals surface area contributed by atoms with E-state index < -0.39 is 5.97 Å². The molecule has 0 bridgehead atoms. The highest BCUT2D eigenvalue weighted by Gasteiger charge is 2.13. The van der Waals surface area contributed by atoms with Gasteiger partial charge in [0.15, 0.2) is 4.77 Å². The second-order valence-electron chi connectivity index (χ2n) is 7.36. The molecule has 1 amide bonds. The summed E-state index contributed by atoms with van der Waals surface area (Å²) in [5, 5.41) is 3.22. The van der Waals surface area contributed by atoms with Gasteiger partial charge in [-0.25, -0.2) is 4.79 Å². The minimum atomic E-state index is -0.509. The van der Waals surface area contributed by atoms with Crippen molar-refractivity contribution < 1.29 is 19.1 Å². The number of hydrogen-bond donors (Lipinski definition) is 2. The number of nitrogens with zero attached hydrogens (tertiary/aromatic N) is 1. The van der Waals surface area contributed by atoms with Gasteiger partial charge in [0.05, 0.1) is 36.4 Å². The van der Waals surface area contributed by atoms with Gasteiger partial charge >= 0.3 is 5.97 Å². The van der Waals surface area contributed by atoms with Crippen LogP contribution in [-0.4, -0.2) is 35.6 Å². The van der Waals surface area contributed by atoms with E-state index in [-0.39, 0.29) is 16.2 Å². The standard InChI is InChI=1S/C25H21N3O5S/c1-32-21-6-4-3-5-17(21)14-26-22(29)15-7-10-18(11-8-15)28-23(30)19-12-9-16(24(31)33-2)13-20(19)27-25(28)34/h3-13H,14H2,1-2H3,(H,26,29)(H,27,34). The van der Waals surface area contributed by atoms with Crippen molar-refractivity contribution in [2.24, 2.45) is 0 Å². The summed E-state index contributed by atoms with van der Waals surface area (Å²) >= 11 is 5.39. The highest BCUT2D eigenvalue weighted by Crippen LogP contribution is 2.18. The van der Waals surface area contributed by atoms with Crippen molar-refractivity contribution in [1.29, 1.82) is 0 Å². The van der Waals surface area contributed by atoms with E-state index in [0.717, 1.165) is 5.56 Å². The summed E-state index contributed by atoms with van der Waals surface area (Å²) < 4.78 is 11.5. The number of aromatic nitrogens is 2. The zero-order valence-corrected chi connectivity index (χ0v) is 19.3. The number of aromatic amines is 1. The lowest BCUT2D eigenvalue weighted by atomic mass is 10.1. The fourth-order valence-electron chi connectivity index (χ4n) is 3.59. The molecule has 0 aliphatic rings. The van der Waals surface area contributed by atoms with Crippen LogP contribution in [-0.2, 0) is 11.3 Å². The Bertz CT molecular complexity index is 1510. The first-order valence-electron chi connectivity index (χ1n) is 10.3. The first-order chi connectivity index (χ1) is 16.4. The van der Waals surface area contributed by atoms with Crippen molar-refractivity contribution in [3.8, 4) is 11.4 Å². The molecule has 1 aromatic heterocycles. The number of para-hydroxylation sites is 1. The quantitative estimate of drug-likeness (QED) is 0.325. The van der Waals surface area contributed by atoms with Gasteiger partial charge in [-0.3, -0.25) is 14.2 Å². The zero-order chi connectivity index (χ0) is 24.2. The first-order valence-corrected chi connectivity index (χ1v) is 10.7. The maximum absolute atomic E-state index is 13.1. The predicted octanol–water partition coefficient (Wildman–Crippen LogP) is 3.77. The third kappa shape index (κ3) is 4.46. The number of carbonyl (C=O) groups is 2. The molecule has 9 heteroatoms. The van der Waals surface area contributed by atoms with Crippen LogP contribution in [0.2, 0.25) is 0 Å². The largest absolute Gasteiger partial charge is 0.496 e. The molecule has 0 unspecified atom stereocenters. The Hall–Kier alpha value is -4.24. The Kier molecular flexibility index (Phi) is 6.55. The number of ether oxygens (including phenoxy) is 2. The van der Waals surface area contributed by atoms with E-state index in [2.05, 4.69) is 10.3 Å². The van der Waals surface area contributed by atoms with Crippen LogP contribution in [0.15, 0.2) is 71.5 Å². The molecule has 0 aliphatic carbocycles. The smallest absolute Gasteiger partial charge is 0.337 e. The third-order valence-electron chi connectivity index (χ3n) is 5.34. The van der Waals surface area contributed by atoms with E-state index in [0.29, 0.717) is 40.0 Å². The molecule has 172 valence electrons. The van der Waals surface area contributed by atoms with Crippen molar-refractivity contribution >= 4 is 35.0 Å². The third-order valence-corrected chi connectivity index (χ3v) is 5.62. The lowest BCUT2D eigenvalue weighted by Crippen LogP contribution is -2.23. The van der Waals surface area contributed by atoms with Gasteiger partial charge in [-0.1, -0.05) is 18.2 Å². The number of methoxy groups -OCH3 is 2. The number of fused-ring (bicyclic) bond motifs is 1. The van der Waals surface area contributed by atoms with Crippen molar-refractivity contribution in [1.82, 2.24) is 14.9 Å². The number of hydrogen-bond acceptors (Lipinski definition) is 6. The minimum absolute atomic E-state index is 0.160. The molecule has 8 nitrogen and oxygen atoms in total. The first kappa shape index (κ1) is 22.9. The Labute approximate surface area is 199 Å². The molecule has 34 heavy (non-hydrogen) atoms. The number of carbonyl (C=O) groups excluding carboxylic acids is 2. The molecule has 0 saturated heterocycles. The van der Waals surface area contributed by atoms with Crippen molar-refractivity contribution in [3.05, 3.63) is 98.5 Å². The van der Waals surface area contributed by atoms with Gasteiger partial charge in [0.25, 0.3) is 11.5 Å². The topological polar surface area (TPSA) is 102 Å². The molecule has 4 rings (SSSR count). The summed E-state index contributed by atoms with van der Waals surface area (Å²) in [6, 6.07) is 18.6. The summed E-state index contributed by atoms with van der Waals surface area (Å²) in [4.78, 5) is 40.5. The van der Waals surface area contributed by atoms with E-state index in [1.54, 1.807) is 37.4 Å². The van der Waals surface area contributed by atoms with Gasteiger partial charge in [0.2, 0.25) is 0 Å². The molecule has 3 aromatic carbocycles. The number of nitrogens with one attached hydrogen (secondary N) is 2. The normalized spacial score (nSPS) is 10.6. The maximum Gasteiger partial charge on any atom is 0.337 e. The Balaban J connectivity index is 1.59. The van der Waals surface area contributed by atoms with Crippen LogP contribution in [0, 0.1) is 4.77 Å². The van der Waals surface area contributed by atoms with E-state index in [4.69, 9.17) is 21.7 Å². The van der Waals surface area contributed by atoms with Crippen LogP contribution in [0.4, 0.5) is 0 Å². The van der Waals surface area contributed by atoms with Crippen molar-refractivity contribution in [2.75, 3.05) is 14.2 Å². The fourth-order valence-corrected chi connectivity index (χ4v) is 3.88. The molecule has 0 fully saturated rings. The Morgan fingerprint density at radius 1 is 1.00 bits per heavy atom. The molecule has 1 heterocycles. The summed E-state index contributed by atoms with van der Waals surface area (Å²) in [5.74, 6) is -0.0736. The van der Waals surface area contributed by atoms with Gasteiger partial charge in [-0.05, 0) is 60.7 Å². The number of H-pyrrole nitrogens is 1. The van der Waals surface area contributed by atoms with Crippen LogP contribution >= 0.6 is 12.2 Å². The lowest BCUT2D eigenvalue weighted by Gasteiger charge is -2.11. The van der Waals surface area contributed by atoms with Crippen LogP contribution < -0.4 is 15.6 Å². The van der Waals surface area contributed by atoms with Crippen LogP contribution in [0.5, 0.6) is 5.75 Å². The van der Waals surface area contributed by atoms with Gasteiger partial charge < -0.3 is 19.8 Å². The van der Waals surface area contributed by atoms with Crippen LogP contribution in [0.1, 0.15) is 26.3 Å². The molecule has 0 spiro atoms. The van der Waals surface area contributed by atoms with Crippen molar-refractivity contribution in [2.45, 2.75) is 6.54 Å². The number of benzene rings is 3. The monoisotopic (exact) mass is 475 g/mol. The van der Waals surface area contributed by atoms with Crippen LogP contribution in [0.25, 0.3) is 16.6 Å². The Morgan fingerprint density at radius 3 is 2.41 bits per heavy atom.